The average Bonchev–Trinajstić information content (AvgIpc) is 3.13. The minimum absolute atomic E-state index is 0. The molecular formula is C42H60Na2O16. The molecule has 2 heterocycles. The van der Waals surface area contributed by atoms with Crippen molar-refractivity contribution in [3.63, 3.8) is 0 Å². The SMILES string of the molecule is CC1(C)[C@@H](O[C@@H]2O[C@H](C(=O)[O-])[C@@H](O)[C@H](O)[C@H]2O[C@H]2O[C@H](C(=O)[O-])[C@@H](O)[C@H](O)[C@H]2O)CC[C@]2(C)[C@H]3C(=O)C=C4[C@@H]5C[C@@](C)(C(=O)O)CC[C@]5(C)CC[C@@]4(C)[C@]3(C)CC[C@@H]12.[Na+].[Na+]. The van der Waals surface area contributed by atoms with Gasteiger partial charge in [0.1, 0.15) is 48.8 Å². The van der Waals surface area contributed by atoms with Gasteiger partial charge < -0.3 is 69.4 Å². The van der Waals surface area contributed by atoms with Crippen LogP contribution in [0, 0.1) is 50.2 Å². The fourth-order valence-corrected chi connectivity index (χ4v) is 13.4. The molecule has 326 valence electrons. The molecule has 0 unspecified atom stereocenters. The van der Waals surface area contributed by atoms with Gasteiger partial charge in [0.05, 0.1) is 23.5 Å². The van der Waals surface area contributed by atoms with E-state index in [9.17, 15) is 60.0 Å². The maximum atomic E-state index is 14.8. The van der Waals surface area contributed by atoms with Gasteiger partial charge in [-0.2, -0.15) is 0 Å². The van der Waals surface area contributed by atoms with Crippen LogP contribution >= 0.6 is 0 Å². The molecule has 7 aliphatic rings. The number of ether oxygens (including phenoxy) is 4. The quantitative estimate of drug-likeness (QED) is 0.103. The molecule has 2 aliphatic heterocycles. The minimum Gasteiger partial charge on any atom is -0.547 e. The topological polar surface area (TPSA) is 273 Å². The molecular weight excluding hydrogens is 806 g/mol. The van der Waals surface area contributed by atoms with Crippen LogP contribution in [-0.2, 0) is 38.1 Å². The Hall–Kier alpha value is -0.540. The number of aliphatic hydroxyl groups is 5. The van der Waals surface area contributed by atoms with E-state index in [-0.39, 0.29) is 93.5 Å². The summed E-state index contributed by atoms with van der Waals surface area (Å²) in [6.07, 6.45) is -13.1. The number of carboxylic acid groups (broad SMARTS) is 3. The Kier molecular flexibility index (Phi) is 14.3. The Morgan fingerprint density at radius 1 is 0.717 bits per heavy atom. The molecule has 2 saturated heterocycles. The number of carboxylic acids is 3. The van der Waals surface area contributed by atoms with E-state index < -0.39 is 107 Å². The molecule has 0 radical (unpaired) electrons. The normalized spacial score (nSPS) is 50.8. The molecule has 6 fully saturated rings. The third kappa shape index (κ3) is 7.58. The van der Waals surface area contributed by atoms with E-state index in [0.717, 1.165) is 24.8 Å². The summed E-state index contributed by atoms with van der Waals surface area (Å²) in [5.41, 5.74) is -1.89. The molecule has 16 nitrogen and oxygen atoms in total. The molecule has 19 atom stereocenters. The van der Waals surface area contributed by atoms with Gasteiger partial charge >= 0.3 is 65.1 Å². The number of rotatable bonds is 7. The van der Waals surface area contributed by atoms with Crippen molar-refractivity contribution in [1.82, 2.24) is 0 Å². The predicted octanol–water partition coefficient (Wildman–Crippen LogP) is -6.42. The summed E-state index contributed by atoms with van der Waals surface area (Å²) in [5.74, 6) is -5.04. The molecule has 0 aromatic carbocycles. The maximum absolute atomic E-state index is 14.8. The third-order valence-corrected chi connectivity index (χ3v) is 17.2. The number of carbonyl (C=O) groups is 4. The van der Waals surface area contributed by atoms with Gasteiger partial charge in [0.25, 0.3) is 0 Å². The van der Waals surface area contributed by atoms with Gasteiger partial charge in [-0.1, -0.05) is 47.1 Å². The van der Waals surface area contributed by atoms with Crippen molar-refractivity contribution in [3.8, 4) is 0 Å². The Morgan fingerprint density at radius 2 is 1.28 bits per heavy atom. The number of ketones is 1. The van der Waals surface area contributed by atoms with Crippen LogP contribution < -0.4 is 69.3 Å². The Morgan fingerprint density at radius 3 is 1.87 bits per heavy atom. The monoisotopic (exact) mass is 866 g/mol. The first-order chi connectivity index (χ1) is 26.8. The molecule has 5 aliphatic carbocycles. The second-order valence-corrected chi connectivity index (χ2v) is 20.6. The first kappa shape index (κ1) is 50.5. The summed E-state index contributed by atoms with van der Waals surface area (Å²) in [7, 11) is 0. The maximum Gasteiger partial charge on any atom is 1.00 e. The summed E-state index contributed by atoms with van der Waals surface area (Å²) in [6.45, 7) is 14.8. The first-order valence-corrected chi connectivity index (χ1v) is 20.7. The third-order valence-electron chi connectivity index (χ3n) is 17.2. The van der Waals surface area contributed by atoms with Crippen LogP contribution in [0.25, 0.3) is 0 Å². The predicted molar refractivity (Wildman–Crippen MR) is 194 cm³/mol. The van der Waals surface area contributed by atoms with Crippen molar-refractivity contribution in [2.75, 3.05) is 0 Å². The van der Waals surface area contributed by atoms with Gasteiger partial charge in [-0.3, -0.25) is 9.59 Å². The van der Waals surface area contributed by atoms with Crippen molar-refractivity contribution < 1.29 is 138 Å². The number of aliphatic carboxylic acids is 3. The van der Waals surface area contributed by atoms with Crippen LogP contribution in [0.3, 0.4) is 0 Å². The van der Waals surface area contributed by atoms with Crippen LogP contribution in [0.15, 0.2) is 11.6 Å². The minimum atomic E-state index is -2.15. The van der Waals surface area contributed by atoms with E-state index in [2.05, 4.69) is 27.7 Å². The van der Waals surface area contributed by atoms with Gasteiger partial charge in [0.15, 0.2) is 18.4 Å². The van der Waals surface area contributed by atoms with Crippen molar-refractivity contribution in [3.05, 3.63) is 11.6 Å². The Bertz CT molecular complexity index is 1740. The van der Waals surface area contributed by atoms with E-state index >= 15 is 0 Å². The van der Waals surface area contributed by atoms with E-state index in [1.54, 1.807) is 0 Å². The largest absolute Gasteiger partial charge is 1.00 e. The molecule has 4 saturated carbocycles. The van der Waals surface area contributed by atoms with Crippen molar-refractivity contribution in [2.24, 2.45) is 50.2 Å². The molecule has 18 heteroatoms. The van der Waals surface area contributed by atoms with Crippen LogP contribution in [0.5, 0.6) is 0 Å². The second kappa shape index (κ2) is 17.0. The first-order valence-electron chi connectivity index (χ1n) is 20.7. The summed E-state index contributed by atoms with van der Waals surface area (Å²) >= 11 is 0. The van der Waals surface area contributed by atoms with Crippen LogP contribution in [0.2, 0.25) is 0 Å². The van der Waals surface area contributed by atoms with Gasteiger partial charge in [-0.25, -0.2) is 0 Å². The average molecular weight is 867 g/mol. The molecule has 6 N–H and O–H groups in total. The van der Waals surface area contributed by atoms with Gasteiger partial charge in [-0.15, -0.1) is 0 Å². The zero-order chi connectivity index (χ0) is 42.9. The van der Waals surface area contributed by atoms with Crippen LogP contribution in [0.4, 0.5) is 0 Å². The standard InChI is InChI=1S/C42H62O16.2Na/c1-37(2)21-8-11-42(7)31(20(43)16-18-19-17-39(4,36(53)54)13-12-38(19,3)14-15-41(18,42)6)40(21,5)10-9-22(37)55-35-30(26(47)25(46)29(57-35)33(51)52)58-34-27(48)23(44)24(45)28(56-34)32(49)50;;/h16,19,21-31,34-35,44-48H,8-15,17H2,1-7H3,(H,49,50)(H,51,52)(H,53,54);;/q;2*+1/p-2/t19-,21-,22-,23-,24-,25-,26-,27+,28-,29-,30+,31+,34+,35+,38+,39-,40-,41+,42+;;/m0../s1. The number of allylic oxidation sites excluding steroid dienone is 2. The summed E-state index contributed by atoms with van der Waals surface area (Å²) in [5, 5.41) is 87.1. The Labute approximate surface area is 394 Å². The molecule has 0 aromatic rings. The Balaban J connectivity index is 0.00000341. The molecule has 7 rings (SSSR count). The van der Waals surface area contributed by atoms with E-state index in [1.165, 1.54) is 0 Å². The number of carbonyl (C=O) groups excluding carboxylic acids is 3. The van der Waals surface area contributed by atoms with E-state index in [0.29, 0.717) is 38.5 Å². The number of fused-ring (bicyclic) bond motifs is 7. The molecule has 0 bridgehead atoms. The van der Waals surface area contributed by atoms with Crippen molar-refractivity contribution in [1.29, 1.82) is 0 Å². The van der Waals surface area contributed by atoms with Gasteiger partial charge in [0.2, 0.25) is 0 Å². The van der Waals surface area contributed by atoms with E-state index in [1.807, 2.05) is 26.8 Å². The van der Waals surface area contributed by atoms with E-state index in [4.69, 9.17) is 18.9 Å². The second-order valence-electron chi connectivity index (χ2n) is 20.6. The van der Waals surface area contributed by atoms with Gasteiger partial charge in [0, 0.05) is 5.92 Å². The van der Waals surface area contributed by atoms with Crippen molar-refractivity contribution >= 4 is 23.7 Å². The smallest absolute Gasteiger partial charge is 0.547 e. The number of hydrogen-bond acceptors (Lipinski definition) is 15. The number of hydrogen-bond donors (Lipinski definition) is 6. The zero-order valence-corrected chi connectivity index (χ0v) is 40.3. The molecule has 0 aromatic heterocycles. The van der Waals surface area contributed by atoms with Gasteiger partial charge in [-0.05, 0) is 110 Å². The summed E-state index contributed by atoms with van der Waals surface area (Å²) < 4.78 is 23.1. The molecule has 0 spiro atoms. The fraction of sp³-hybridized carbons (Fsp3) is 0.857. The van der Waals surface area contributed by atoms with Crippen LogP contribution in [0.1, 0.15) is 106 Å². The summed E-state index contributed by atoms with van der Waals surface area (Å²) in [6, 6.07) is 0. The number of aliphatic hydroxyl groups excluding tert-OH is 5. The fourth-order valence-electron chi connectivity index (χ4n) is 13.4. The van der Waals surface area contributed by atoms with Crippen molar-refractivity contribution in [2.45, 2.75) is 174 Å². The molecule has 0 amide bonds. The zero-order valence-electron chi connectivity index (χ0n) is 36.3. The van der Waals surface area contributed by atoms with Crippen LogP contribution in [-0.4, -0.2) is 122 Å². The summed E-state index contributed by atoms with van der Waals surface area (Å²) in [4.78, 5) is 51.1. The molecule has 60 heavy (non-hydrogen) atoms.